The molecule has 1 heterocycles. The summed E-state index contributed by atoms with van der Waals surface area (Å²) in [6.07, 6.45) is -4.66. The van der Waals surface area contributed by atoms with E-state index in [2.05, 4.69) is 5.32 Å². The lowest BCUT2D eigenvalue weighted by molar-refractivity contribution is -0.244. The predicted octanol–water partition coefficient (Wildman–Crippen LogP) is -0.682. The largest absolute Gasteiger partial charge is 0.462 e. The number of aliphatic hydroxyl groups is 3. The normalized spacial score (nSPS) is 31.6. The first-order valence-electron chi connectivity index (χ1n) is 7.06. The summed E-state index contributed by atoms with van der Waals surface area (Å²) < 4.78 is 11.2. The van der Waals surface area contributed by atoms with Gasteiger partial charge in [-0.3, -0.25) is 4.79 Å². The molecular formula is C15H21NO6. The van der Waals surface area contributed by atoms with Gasteiger partial charge in [0.1, 0.15) is 30.1 Å². The number of hydrogen-bond donors (Lipinski definition) is 4. The van der Waals surface area contributed by atoms with Crippen LogP contribution < -0.4 is 10.1 Å². The third kappa shape index (κ3) is 3.56. The van der Waals surface area contributed by atoms with E-state index >= 15 is 0 Å². The van der Waals surface area contributed by atoms with E-state index < -0.39 is 37.3 Å². The molecule has 7 nitrogen and oxygen atoms in total. The highest BCUT2D eigenvalue weighted by atomic mass is 16.7. The van der Waals surface area contributed by atoms with Crippen LogP contribution in [0.1, 0.15) is 12.5 Å². The van der Waals surface area contributed by atoms with Gasteiger partial charge in [-0.1, -0.05) is 18.2 Å². The van der Waals surface area contributed by atoms with Gasteiger partial charge >= 0.3 is 0 Å². The number of rotatable bonds is 4. The summed E-state index contributed by atoms with van der Waals surface area (Å²) >= 11 is 0. The number of nitrogens with one attached hydrogen (secondary N) is 1. The van der Waals surface area contributed by atoms with Crippen LogP contribution in [0.15, 0.2) is 24.3 Å². The molecule has 0 unspecified atom stereocenters. The van der Waals surface area contributed by atoms with E-state index in [-0.39, 0.29) is 5.91 Å². The van der Waals surface area contributed by atoms with Crippen molar-refractivity contribution in [3.63, 3.8) is 0 Å². The molecule has 1 aliphatic rings. The topological polar surface area (TPSA) is 108 Å². The lowest BCUT2D eigenvalue weighted by Gasteiger charge is -2.42. The number of ether oxygens (including phenoxy) is 2. The van der Waals surface area contributed by atoms with Crippen molar-refractivity contribution in [3.8, 4) is 5.75 Å². The van der Waals surface area contributed by atoms with Crippen LogP contribution in [0, 0.1) is 6.92 Å². The molecule has 0 spiro atoms. The molecule has 1 aromatic rings. The molecule has 5 atom stereocenters. The van der Waals surface area contributed by atoms with Gasteiger partial charge < -0.3 is 30.1 Å². The van der Waals surface area contributed by atoms with Crippen molar-refractivity contribution in [2.45, 2.75) is 44.5 Å². The molecule has 1 fully saturated rings. The first-order chi connectivity index (χ1) is 10.4. The summed E-state index contributed by atoms with van der Waals surface area (Å²) in [6.45, 7) is 2.67. The van der Waals surface area contributed by atoms with Gasteiger partial charge in [0.25, 0.3) is 0 Å². The molecule has 1 saturated heterocycles. The van der Waals surface area contributed by atoms with Crippen molar-refractivity contribution in [2.75, 3.05) is 6.61 Å². The number of benzene rings is 1. The van der Waals surface area contributed by atoms with Gasteiger partial charge in [0, 0.05) is 6.92 Å². The van der Waals surface area contributed by atoms with Gasteiger partial charge in [-0.25, -0.2) is 0 Å². The van der Waals surface area contributed by atoms with Crippen molar-refractivity contribution in [1.29, 1.82) is 0 Å². The minimum Gasteiger partial charge on any atom is -0.462 e. The average Bonchev–Trinajstić information content (AvgIpc) is 2.48. The summed E-state index contributed by atoms with van der Waals surface area (Å²) in [6, 6.07) is 6.27. The minimum atomic E-state index is -1.32. The Kier molecular flexibility index (Phi) is 5.36. The van der Waals surface area contributed by atoms with Gasteiger partial charge in [-0.05, 0) is 18.6 Å². The number of amides is 1. The van der Waals surface area contributed by atoms with Crippen LogP contribution in [-0.4, -0.2) is 58.5 Å². The van der Waals surface area contributed by atoms with E-state index in [4.69, 9.17) is 9.47 Å². The molecule has 122 valence electrons. The molecule has 0 saturated carbocycles. The van der Waals surface area contributed by atoms with E-state index in [0.29, 0.717) is 5.75 Å². The Morgan fingerprint density at radius 2 is 2.00 bits per heavy atom. The van der Waals surface area contributed by atoms with Crippen molar-refractivity contribution in [1.82, 2.24) is 5.32 Å². The lowest BCUT2D eigenvalue weighted by Crippen LogP contribution is -2.65. The number of aryl methyl sites for hydroxylation is 1. The third-order valence-corrected chi connectivity index (χ3v) is 3.59. The first kappa shape index (κ1) is 16.7. The van der Waals surface area contributed by atoms with E-state index in [0.717, 1.165) is 5.56 Å². The highest BCUT2D eigenvalue weighted by Gasteiger charge is 2.46. The number of aliphatic hydroxyl groups excluding tert-OH is 3. The van der Waals surface area contributed by atoms with Crippen LogP contribution in [0.25, 0.3) is 0 Å². The standard InChI is InChI=1S/C15H21NO6/c1-8-5-3-4-6-10(8)21-15-12(16-9(2)18)14(20)13(19)11(7-17)22-15/h3-6,11-15,17,19-20H,7H2,1-2H3,(H,16,18)/t11-,12+,13+,14-,15+/m0/s1. The highest BCUT2D eigenvalue weighted by molar-refractivity contribution is 5.73. The molecule has 0 aromatic heterocycles. The van der Waals surface area contributed by atoms with Gasteiger partial charge in [-0.15, -0.1) is 0 Å². The Labute approximate surface area is 128 Å². The SMILES string of the molecule is CC(=O)N[C@H]1[C@H](Oc2ccccc2C)O[C@@H](CO)[C@@H](O)[C@H]1O. The third-order valence-electron chi connectivity index (χ3n) is 3.59. The highest BCUT2D eigenvalue weighted by Crippen LogP contribution is 2.26. The fraction of sp³-hybridized carbons (Fsp3) is 0.533. The molecule has 7 heteroatoms. The van der Waals surface area contributed by atoms with Crippen molar-refractivity contribution < 1.29 is 29.6 Å². The second-order valence-electron chi connectivity index (χ2n) is 5.32. The van der Waals surface area contributed by atoms with Gasteiger partial charge in [-0.2, -0.15) is 0 Å². The smallest absolute Gasteiger partial charge is 0.223 e. The molecular weight excluding hydrogens is 290 g/mol. The summed E-state index contributed by atoms with van der Waals surface area (Å²) in [5, 5.41) is 31.8. The fourth-order valence-corrected chi connectivity index (χ4v) is 2.38. The molecule has 0 radical (unpaired) electrons. The molecule has 2 rings (SSSR count). The molecule has 1 aromatic carbocycles. The lowest BCUT2D eigenvalue weighted by atomic mass is 9.97. The Balaban J connectivity index is 2.23. The van der Waals surface area contributed by atoms with Crippen LogP contribution >= 0.6 is 0 Å². The van der Waals surface area contributed by atoms with Crippen LogP contribution in [-0.2, 0) is 9.53 Å². The average molecular weight is 311 g/mol. The zero-order valence-corrected chi connectivity index (χ0v) is 12.5. The first-order valence-corrected chi connectivity index (χ1v) is 7.06. The Bertz CT molecular complexity index is 523. The number of hydrogen-bond acceptors (Lipinski definition) is 6. The quantitative estimate of drug-likeness (QED) is 0.587. The zero-order valence-electron chi connectivity index (χ0n) is 12.5. The Hall–Kier alpha value is -1.67. The molecule has 0 aliphatic carbocycles. The molecule has 0 bridgehead atoms. The molecule has 4 N–H and O–H groups in total. The molecule has 1 amide bonds. The van der Waals surface area contributed by atoms with Gasteiger partial charge in [0.15, 0.2) is 0 Å². The summed E-state index contributed by atoms with van der Waals surface area (Å²) in [7, 11) is 0. The maximum Gasteiger partial charge on any atom is 0.223 e. The van der Waals surface area contributed by atoms with E-state index in [9.17, 15) is 20.1 Å². The number of carbonyl (C=O) groups excluding carboxylic acids is 1. The summed E-state index contributed by atoms with van der Waals surface area (Å²) in [5.74, 6) is 0.142. The van der Waals surface area contributed by atoms with Crippen LogP contribution in [0.4, 0.5) is 0 Å². The van der Waals surface area contributed by atoms with Crippen LogP contribution in [0.2, 0.25) is 0 Å². The number of para-hydroxylation sites is 1. The molecule has 22 heavy (non-hydrogen) atoms. The Morgan fingerprint density at radius 1 is 1.32 bits per heavy atom. The zero-order chi connectivity index (χ0) is 16.3. The van der Waals surface area contributed by atoms with Gasteiger partial charge in [0.05, 0.1) is 6.61 Å². The van der Waals surface area contributed by atoms with Gasteiger partial charge in [0.2, 0.25) is 12.2 Å². The van der Waals surface area contributed by atoms with E-state index in [1.54, 1.807) is 12.1 Å². The summed E-state index contributed by atoms with van der Waals surface area (Å²) in [5.41, 5.74) is 0.855. The number of carbonyl (C=O) groups is 1. The second kappa shape index (κ2) is 7.06. The van der Waals surface area contributed by atoms with Crippen LogP contribution in [0.5, 0.6) is 5.75 Å². The second-order valence-corrected chi connectivity index (χ2v) is 5.32. The fourth-order valence-electron chi connectivity index (χ4n) is 2.38. The monoisotopic (exact) mass is 311 g/mol. The maximum atomic E-state index is 11.3. The maximum absolute atomic E-state index is 11.3. The summed E-state index contributed by atoms with van der Waals surface area (Å²) in [4.78, 5) is 11.3. The van der Waals surface area contributed by atoms with Crippen LogP contribution in [0.3, 0.4) is 0 Å². The van der Waals surface area contributed by atoms with Crippen molar-refractivity contribution in [3.05, 3.63) is 29.8 Å². The minimum absolute atomic E-state index is 0.388. The van der Waals surface area contributed by atoms with Crippen molar-refractivity contribution in [2.24, 2.45) is 0 Å². The van der Waals surface area contributed by atoms with Crippen molar-refractivity contribution >= 4 is 5.91 Å². The van der Waals surface area contributed by atoms with E-state index in [1.807, 2.05) is 19.1 Å². The molecule has 1 aliphatic heterocycles. The Morgan fingerprint density at radius 3 is 2.59 bits per heavy atom. The predicted molar refractivity (Wildman–Crippen MR) is 77.2 cm³/mol. The van der Waals surface area contributed by atoms with E-state index in [1.165, 1.54) is 6.92 Å².